The molecule has 0 bridgehead atoms. The van der Waals surface area contributed by atoms with E-state index in [-0.39, 0.29) is 10.3 Å². The number of carbonyl (C=O) groups is 1. The first-order valence-electron chi connectivity index (χ1n) is 13.3. The van der Waals surface area contributed by atoms with Crippen molar-refractivity contribution in [2.45, 2.75) is 57.1 Å². The second kappa shape index (κ2) is 11.3. The quantitative estimate of drug-likeness (QED) is 0.238. The standard InChI is InChI=1S/C28H34N8O3S/c1-16-17(2)34-35-24(16)33-25-20-10-23(40-28(3,4)5)22(11-21(20)31-15-32-25)39-14-18-6-8-36(9-7-18)27-29-12-19(13-30-27)26(37)38/h10-13,15,18H,6-9,14H2,1-5H3,(H,37,38)(H2,31,32,33,34,35). The van der Waals surface area contributed by atoms with Crippen LogP contribution in [0, 0.1) is 19.8 Å². The number of carboxylic acid groups (broad SMARTS) is 1. The van der Waals surface area contributed by atoms with Crippen molar-refractivity contribution < 1.29 is 14.6 Å². The fourth-order valence-electron chi connectivity index (χ4n) is 4.51. The number of H-pyrrole nitrogens is 1. The molecule has 1 aliphatic heterocycles. The number of piperidine rings is 1. The summed E-state index contributed by atoms with van der Waals surface area (Å²) in [7, 11) is 0. The third kappa shape index (κ3) is 6.27. The molecule has 210 valence electrons. The third-order valence-electron chi connectivity index (χ3n) is 6.86. The summed E-state index contributed by atoms with van der Waals surface area (Å²) in [5.41, 5.74) is 2.94. The molecule has 0 spiro atoms. The molecule has 1 fully saturated rings. The van der Waals surface area contributed by atoms with E-state index >= 15 is 0 Å². The average molecular weight is 563 g/mol. The van der Waals surface area contributed by atoms with Crippen molar-refractivity contribution >= 4 is 46.2 Å². The molecule has 40 heavy (non-hydrogen) atoms. The molecule has 0 atom stereocenters. The molecule has 5 rings (SSSR count). The molecule has 0 saturated carbocycles. The van der Waals surface area contributed by atoms with Gasteiger partial charge in [-0.15, -0.1) is 11.8 Å². The van der Waals surface area contributed by atoms with Gasteiger partial charge in [-0.05, 0) is 38.7 Å². The van der Waals surface area contributed by atoms with Crippen LogP contribution in [0.3, 0.4) is 0 Å². The topological polar surface area (TPSA) is 142 Å². The summed E-state index contributed by atoms with van der Waals surface area (Å²) in [5, 5.41) is 20.7. The van der Waals surface area contributed by atoms with Gasteiger partial charge in [0.1, 0.15) is 17.9 Å². The number of carboxylic acids is 1. The second-order valence-electron chi connectivity index (χ2n) is 11.0. The minimum Gasteiger partial charge on any atom is -0.492 e. The van der Waals surface area contributed by atoms with E-state index in [9.17, 15) is 4.79 Å². The molecule has 1 aliphatic rings. The summed E-state index contributed by atoms with van der Waals surface area (Å²) in [4.78, 5) is 31.7. The van der Waals surface area contributed by atoms with Gasteiger partial charge in [-0.1, -0.05) is 20.8 Å². The zero-order chi connectivity index (χ0) is 28.4. The molecule has 1 aromatic carbocycles. The van der Waals surface area contributed by atoms with Crippen LogP contribution in [0.1, 0.15) is 55.2 Å². The lowest BCUT2D eigenvalue weighted by atomic mass is 9.98. The van der Waals surface area contributed by atoms with E-state index in [1.165, 1.54) is 12.4 Å². The van der Waals surface area contributed by atoms with Crippen molar-refractivity contribution in [2.75, 3.05) is 29.9 Å². The minimum atomic E-state index is -1.03. The van der Waals surface area contributed by atoms with Gasteiger partial charge in [0.25, 0.3) is 0 Å². The molecule has 4 aromatic rings. The number of anilines is 3. The van der Waals surface area contributed by atoms with E-state index in [0.29, 0.717) is 24.3 Å². The van der Waals surface area contributed by atoms with Crippen molar-refractivity contribution in [1.82, 2.24) is 30.1 Å². The minimum absolute atomic E-state index is 0.0214. The summed E-state index contributed by atoms with van der Waals surface area (Å²) >= 11 is 1.76. The highest BCUT2D eigenvalue weighted by atomic mass is 32.2. The lowest BCUT2D eigenvalue weighted by Crippen LogP contribution is -2.36. The number of hydrogen-bond donors (Lipinski definition) is 3. The first-order valence-corrected chi connectivity index (χ1v) is 14.1. The van der Waals surface area contributed by atoms with Gasteiger partial charge in [0.2, 0.25) is 5.95 Å². The lowest BCUT2D eigenvalue weighted by molar-refractivity contribution is 0.0696. The number of rotatable bonds is 8. The van der Waals surface area contributed by atoms with Crippen LogP contribution in [0.2, 0.25) is 0 Å². The maximum atomic E-state index is 11.1. The number of benzene rings is 1. The monoisotopic (exact) mass is 562 g/mol. The van der Waals surface area contributed by atoms with Gasteiger partial charge in [-0.2, -0.15) is 5.10 Å². The maximum Gasteiger partial charge on any atom is 0.338 e. The largest absolute Gasteiger partial charge is 0.492 e. The summed E-state index contributed by atoms with van der Waals surface area (Å²) in [5.74, 6) is 2.18. The van der Waals surface area contributed by atoms with E-state index in [4.69, 9.17) is 9.84 Å². The van der Waals surface area contributed by atoms with Crippen molar-refractivity contribution in [3.8, 4) is 5.75 Å². The van der Waals surface area contributed by atoms with Crippen molar-refractivity contribution in [3.05, 3.63) is 47.7 Å². The van der Waals surface area contributed by atoms with E-state index in [0.717, 1.165) is 64.6 Å². The Hall–Kier alpha value is -3.93. The summed E-state index contributed by atoms with van der Waals surface area (Å²) < 4.78 is 6.44. The number of nitrogens with zero attached hydrogens (tertiary/aromatic N) is 6. The maximum absolute atomic E-state index is 11.1. The van der Waals surface area contributed by atoms with Crippen molar-refractivity contribution in [1.29, 1.82) is 0 Å². The van der Waals surface area contributed by atoms with Crippen LogP contribution >= 0.6 is 11.8 Å². The Morgan fingerprint density at radius 2 is 1.85 bits per heavy atom. The van der Waals surface area contributed by atoms with Crippen LogP contribution < -0.4 is 15.0 Å². The lowest BCUT2D eigenvalue weighted by Gasteiger charge is -2.32. The second-order valence-corrected chi connectivity index (χ2v) is 12.9. The van der Waals surface area contributed by atoms with Crippen LogP contribution in [0.4, 0.5) is 17.6 Å². The number of aromatic amines is 1. The van der Waals surface area contributed by atoms with Gasteiger partial charge in [0, 0.05) is 52.9 Å². The Morgan fingerprint density at radius 1 is 1.12 bits per heavy atom. The van der Waals surface area contributed by atoms with Crippen molar-refractivity contribution in [3.63, 3.8) is 0 Å². The molecule has 3 N–H and O–H groups in total. The van der Waals surface area contributed by atoms with Gasteiger partial charge in [-0.3, -0.25) is 5.10 Å². The smallest absolute Gasteiger partial charge is 0.338 e. The number of aromatic nitrogens is 6. The fraction of sp³-hybridized carbons (Fsp3) is 0.429. The van der Waals surface area contributed by atoms with E-state index in [2.05, 4.69) is 67.2 Å². The van der Waals surface area contributed by atoms with Crippen LogP contribution in [-0.4, -0.2) is 65.7 Å². The van der Waals surface area contributed by atoms with Gasteiger partial charge < -0.3 is 20.1 Å². The first kappa shape index (κ1) is 27.6. The Labute approximate surface area is 237 Å². The molecule has 0 unspecified atom stereocenters. The third-order valence-corrected chi connectivity index (χ3v) is 8.02. The summed E-state index contributed by atoms with van der Waals surface area (Å²) in [6.07, 6.45) is 6.13. The Bertz CT molecular complexity index is 1510. The Kier molecular flexibility index (Phi) is 7.79. The Balaban J connectivity index is 1.31. The normalized spacial score (nSPS) is 14.5. The van der Waals surface area contributed by atoms with Gasteiger partial charge >= 0.3 is 5.97 Å². The SMILES string of the molecule is Cc1[nH]nc(Nc2ncnc3cc(OCC4CCN(c5ncc(C(=O)O)cn5)CC4)c(SC(C)(C)C)cc23)c1C. The van der Waals surface area contributed by atoms with Crippen molar-refractivity contribution in [2.24, 2.45) is 5.92 Å². The van der Waals surface area contributed by atoms with Gasteiger partial charge in [0.05, 0.1) is 22.6 Å². The zero-order valence-electron chi connectivity index (χ0n) is 23.4. The highest BCUT2D eigenvalue weighted by molar-refractivity contribution is 8.00. The molecule has 11 nitrogen and oxygen atoms in total. The number of ether oxygens (including phenoxy) is 1. The van der Waals surface area contributed by atoms with E-state index < -0.39 is 5.97 Å². The van der Waals surface area contributed by atoms with Crippen LogP contribution in [-0.2, 0) is 0 Å². The zero-order valence-corrected chi connectivity index (χ0v) is 24.2. The number of aromatic carboxylic acids is 1. The summed E-state index contributed by atoms with van der Waals surface area (Å²) in [6.45, 7) is 12.7. The molecule has 3 aromatic heterocycles. The van der Waals surface area contributed by atoms with Gasteiger partial charge in [-0.25, -0.2) is 24.7 Å². The fourth-order valence-corrected chi connectivity index (χ4v) is 5.56. The Morgan fingerprint density at radius 3 is 2.48 bits per heavy atom. The number of fused-ring (bicyclic) bond motifs is 1. The predicted octanol–water partition coefficient (Wildman–Crippen LogP) is 5.39. The molecule has 12 heteroatoms. The first-order chi connectivity index (χ1) is 19.1. The molecule has 4 heterocycles. The highest BCUT2D eigenvalue weighted by Gasteiger charge is 2.24. The predicted molar refractivity (Wildman–Crippen MR) is 156 cm³/mol. The number of hydrogen-bond acceptors (Lipinski definition) is 10. The van der Waals surface area contributed by atoms with Crippen LogP contribution in [0.25, 0.3) is 10.9 Å². The van der Waals surface area contributed by atoms with E-state index in [1.807, 2.05) is 19.9 Å². The summed E-state index contributed by atoms with van der Waals surface area (Å²) in [6, 6.07) is 4.12. The molecule has 1 saturated heterocycles. The molecule has 0 radical (unpaired) electrons. The van der Waals surface area contributed by atoms with E-state index in [1.54, 1.807) is 18.1 Å². The molecular formula is C28H34N8O3S. The highest BCUT2D eigenvalue weighted by Crippen LogP contribution is 2.41. The van der Waals surface area contributed by atoms with Crippen LogP contribution in [0.15, 0.2) is 35.7 Å². The number of thioether (sulfide) groups is 1. The van der Waals surface area contributed by atoms with Crippen LogP contribution in [0.5, 0.6) is 5.75 Å². The number of aryl methyl sites for hydroxylation is 1. The van der Waals surface area contributed by atoms with Gasteiger partial charge in [0.15, 0.2) is 5.82 Å². The number of nitrogens with one attached hydrogen (secondary N) is 2. The average Bonchev–Trinajstić information content (AvgIpc) is 3.24. The molecule has 0 amide bonds. The molecular weight excluding hydrogens is 528 g/mol. The molecule has 0 aliphatic carbocycles.